The molecule has 4 nitrogen and oxygen atoms in total. The van der Waals surface area contributed by atoms with Gasteiger partial charge in [0, 0.05) is 25.7 Å². The molecule has 1 saturated heterocycles. The van der Waals surface area contributed by atoms with Crippen LogP contribution in [0.25, 0.3) is 0 Å². The summed E-state index contributed by atoms with van der Waals surface area (Å²) in [6.45, 7) is 2.04. The highest BCUT2D eigenvalue weighted by atomic mass is 16.3. The molecule has 4 heteroatoms. The van der Waals surface area contributed by atoms with Crippen molar-refractivity contribution in [3.8, 4) is 0 Å². The fourth-order valence-corrected chi connectivity index (χ4v) is 4.41. The summed E-state index contributed by atoms with van der Waals surface area (Å²) in [5.74, 6) is 0.609. The van der Waals surface area contributed by atoms with Crippen molar-refractivity contribution in [3.05, 3.63) is 35.4 Å². The van der Waals surface area contributed by atoms with Gasteiger partial charge in [-0.3, -0.25) is 4.79 Å². The summed E-state index contributed by atoms with van der Waals surface area (Å²) in [7, 11) is 0. The molecule has 0 spiro atoms. The summed E-state index contributed by atoms with van der Waals surface area (Å²) >= 11 is 0. The minimum atomic E-state index is -1.21. The number of nitrogens with zero attached hydrogens (tertiary/aromatic N) is 1. The molecule has 1 unspecified atom stereocenters. The van der Waals surface area contributed by atoms with E-state index in [-0.39, 0.29) is 5.91 Å². The molecule has 2 N–H and O–H groups in total. The molecule has 4 rings (SSSR count). The number of aliphatic hydroxyl groups is 1. The first kappa shape index (κ1) is 16.1. The van der Waals surface area contributed by atoms with Gasteiger partial charge in [-0.2, -0.15) is 0 Å². The summed E-state index contributed by atoms with van der Waals surface area (Å²) in [5.41, 5.74) is 1.57. The van der Waals surface area contributed by atoms with Crippen molar-refractivity contribution in [2.75, 3.05) is 19.6 Å². The average molecular weight is 328 g/mol. The maximum absolute atomic E-state index is 12.8. The molecular formula is C20H28N2O2. The van der Waals surface area contributed by atoms with Crippen LogP contribution in [0.1, 0.15) is 43.2 Å². The Morgan fingerprint density at radius 2 is 1.88 bits per heavy atom. The molecule has 1 atom stereocenters. The zero-order chi connectivity index (χ0) is 16.6. The van der Waals surface area contributed by atoms with Crippen LogP contribution in [0.3, 0.4) is 0 Å². The fraction of sp³-hybridized carbons (Fsp3) is 0.650. The van der Waals surface area contributed by atoms with E-state index in [0.717, 1.165) is 32.4 Å². The summed E-state index contributed by atoms with van der Waals surface area (Å²) in [6, 6.07) is 8.85. The number of nitrogens with one attached hydrogen (secondary N) is 1. The molecule has 1 saturated carbocycles. The Bertz CT molecular complexity index is 588. The zero-order valence-corrected chi connectivity index (χ0v) is 14.3. The highest BCUT2D eigenvalue weighted by molar-refractivity contribution is 5.86. The molecule has 0 radical (unpaired) electrons. The van der Waals surface area contributed by atoms with Crippen LogP contribution in [0.4, 0.5) is 0 Å². The third kappa shape index (κ3) is 3.09. The van der Waals surface area contributed by atoms with Crippen LogP contribution < -0.4 is 5.32 Å². The monoisotopic (exact) mass is 328 g/mol. The van der Waals surface area contributed by atoms with Crippen molar-refractivity contribution in [1.29, 1.82) is 0 Å². The summed E-state index contributed by atoms with van der Waals surface area (Å²) in [5, 5.41) is 14.4. The number of rotatable bonds is 5. The van der Waals surface area contributed by atoms with E-state index in [9.17, 15) is 9.90 Å². The van der Waals surface area contributed by atoms with Gasteiger partial charge in [-0.25, -0.2) is 0 Å². The van der Waals surface area contributed by atoms with E-state index in [1.54, 1.807) is 0 Å². The van der Waals surface area contributed by atoms with Gasteiger partial charge >= 0.3 is 0 Å². The topological polar surface area (TPSA) is 52.6 Å². The molecule has 130 valence electrons. The average Bonchev–Trinajstić information content (AvgIpc) is 2.96. The van der Waals surface area contributed by atoms with Crippen LogP contribution in [0.5, 0.6) is 0 Å². The Morgan fingerprint density at radius 1 is 1.17 bits per heavy atom. The normalized spacial score (nSPS) is 28.0. The zero-order valence-electron chi connectivity index (χ0n) is 14.3. The molecule has 2 aliphatic carbocycles. The molecule has 1 aromatic carbocycles. The van der Waals surface area contributed by atoms with Gasteiger partial charge < -0.3 is 15.3 Å². The van der Waals surface area contributed by atoms with Gasteiger partial charge in [0.2, 0.25) is 0 Å². The van der Waals surface area contributed by atoms with Gasteiger partial charge in [0.15, 0.2) is 5.60 Å². The van der Waals surface area contributed by atoms with Crippen LogP contribution in [-0.4, -0.2) is 47.2 Å². The van der Waals surface area contributed by atoms with Crippen molar-refractivity contribution in [1.82, 2.24) is 10.2 Å². The minimum absolute atomic E-state index is 0.0522. The summed E-state index contributed by atoms with van der Waals surface area (Å²) in [6.07, 6.45) is 7.24. The van der Waals surface area contributed by atoms with E-state index < -0.39 is 5.60 Å². The molecule has 2 fully saturated rings. The number of hydrogen-bond acceptors (Lipinski definition) is 3. The number of carbonyl (C=O) groups excluding carboxylic acids is 1. The molecule has 3 aliphatic rings. The maximum Gasteiger partial charge on any atom is 0.255 e. The fourth-order valence-electron chi connectivity index (χ4n) is 4.41. The van der Waals surface area contributed by atoms with E-state index in [0.29, 0.717) is 24.9 Å². The second-order valence-electron chi connectivity index (χ2n) is 7.94. The van der Waals surface area contributed by atoms with Gasteiger partial charge in [-0.05, 0) is 55.6 Å². The van der Waals surface area contributed by atoms with Gasteiger partial charge in [-0.1, -0.05) is 30.7 Å². The van der Waals surface area contributed by atoms with Crippen molar-refractivity contribution in [2.45, 2.75) is 56.6 Å². The van der Waals surface area contributed by atoms with Gasteiger partial charge in [0.25, 0.3) is 5.91 Å². The SMILES string of the molecule is O=C1N(CC2CCC2)CCCC1(O)CNC1Cc2ccccc2C1. The number of hydrogen-bond donors (Lipinski definition) is 2. The Labute approximate surface area is 144 Å². The lowest BCUT2D eigenvalue weighted by molar-refractivity contribution is -0.157. The number of likely N-dealkylation sites (tertiary alicyclic amines) is 1. The Kier molecular flexibility index (Phi) is 4.35. The van der Waals surface area contributed by atoms with E-state index in [4.69, 9.17) is 0 Å². The van der Waals surface area contributed by atoms with Crippen LogP contribution in [0.15, 0.2) is 24.3 Å². The Hall–Kier alpha value is -1.39. The Balaban J connectivity index is 1.34. The molecule has 1 aliphatic heterocycles. The van der Waals surface area contributed by atoms with Crippen molar-refractivity contribution >= 4 is 5.91 Å². The van der Waals surface area contributed by atoms with Crippen molar-refractivity contribution in [2.24, 2.45) is 5.92 Å². The van der Waals surface area contributed by atoms with Crippen LogP contribution >= 0.6 is 0 Å². The highest BCUT2D eigenvalue weighted by Gasteiger charge is 2.43. The first-order valence-corrected chi connectivity index (χ1v) is 9.46. The van der Waals surface area contributed by atoms with Gasteiger partial charge in [0.1, 0.15) is 0 Å². The Morgan fingerprint density at radius 3 is 2.50 bits per heavy atom. The molecule has 0 bridgehead atoms. The van der Waals surface area contributed by atoms with Crippen LogP contribution in [-0.2, 0) is 17.6 Å². The number of fused-ring (bicyclic) bond motifs is 1. The van der Waals surface area contributed by atoms with E-state index in [1.165, 1.54) is 30.4 Å². The van der Waals surface area contributed by atoms with E-state index >= 15 is 0 Å². The largest absolute Gasteiger partial charge is 0.379 e. The predicted octanol–water partition coefficient (Wildman–Crippen LogP) is 1.90. The van der Waals surface area contributed by atoms with E-state index in [1.807, 2.05) is 4.90 Å². The summed E-state index contributed by atoms with van der Waals surface area (Å²) in [4.78, 5) is 14.7. The lowest BCUT2D eigenvalue weighted by Crippen LogP contribution is -2.59. The second-order valence-corrected chi connectivity index (χ2v) is 7.94. The number of piperidine rings is 1. The minimum Gasteiger partial charge on any atom is -0.379 e. The molecule has 1 amide bonds. The van der Waals surface area contributed by atoms with Gasteiger partial charge in [-0.15, -0.1) is 0 Å². The first-order chi connectivity index (χ1) is 11.6. The molecule has 1 heterocycles. The maximum atomic E-state index is 12.8. The smallest absolute Gasteiger partial charge is 0.255 e. The van der Waals surface area contributed by atoms with E-state index in [2.05, 4.69) is 29.6 Å². The quantitative estimate of drug-likeness (QED) is 0.868. The van der Waals surface area contributed by atoms with Crippen LogP contribution in [0.2, 0.25) is 0 Å². The third-order valence-electron chi connectivity index (χ3n) is 6.14. The van der Waals surface area contributed by atoms with Crippen LogP contribution in [0, 0.1) is 5.92 Å². The molecule has 0 aromatic heterocycles. The highest BCUT2D eigenvalue weighted by Crippen LogP contribution is 2.30. The summed E-state index contributed by atoms with van der Waals surface area (Å²) < 4.78 is 0. The predicted molar refractivity (Wildman–Crippen MR) is 93.7 cm³/mol. The lowest BCUT2D eigenvalue weighted by Gasteiger charge is -2.41. The number of amides is 1. The first-order valence-electron chi connectivity index (χ1n) is 9.46. The molecule has 1 aromatic rings. The lowest BCUT2D eigenvalue weighted by atomic mass is 9.83. The number of benzene rings is 1. The molecular weight excluding hydrogens is 300 g/mol. The third-order valence-corrected chi connectivity index (χ3v) is 6.14. The van der Waals surface area contributed by atoms with Crippen molar-refractivity contribution < 1.29 is 9.90 Å². The number of carbonyl (C=O) groups is 1. The van der Waals surface area contributed by atoms with Gasteiger partial charge in [0.05, 0.1) is 0 Å². The second kappa shape index (κ2) is 6.49. The standard InChI is InChI=1S/C20H28N2O2/c23-19-20(24,9-4-10-22(19)13-15-5-3-6-15)14-21-18-11-16-7-1-2-8-17(16)12-18/h1-2,7-8,15,18,21,24H,3-6,9-14H2. The van der Waals surface area contributed by atoms with Crippen molar-refractivity contribution in [3.63, 3.8) is 0 Å². The molecule has 24 heavy (non-hydrogen) atoms.